The van der Waals surface area contributed by atoms with Crippen LogP contribution in [0.25, 0.3) is 0 Å². The molecule has 0 aromatic heterocycles. The van der Waals surface area contributed by atoms with Crippen LogP contribution in [0.15, 0.2) is 84.9 Å². The van der Waals surface area contributed by atoms with Gasteiger partial charge in [0, 0.05) is 17.2 Å². The van der Waals surface area contributed by atoms with Crippen LogP contribution in [0, 0.1) is 17.7 Å². The maximum Gasteiger partial charge on any atom is 0.236 e. The Labute approximate surface area is 181 Å². The van der Waals surface area contributed by atoms with Gasteiger partial charge < -0.3 is 5.32 Å². The van der Waals surface area contributed by atoms with Crippen molar-refractivity contribution in [3.63, 3.8) is 0 Å². The van der Waals surface area contributed by atoms with Crippen LogP contribution in [-0.2, 0) is 9.59 Å². The van der Waals surface area contributed by atoms with E-state index < -0.39 is 35.3 Å². The zero-order valence-corrected chi connectivity index (χ0v) is 17.4. The van der Waals surface area contributed by atoms with Gasteiger partial charge in [0.05, 0.1) is 5.92 Å². The van der Waals surface area contributed by atoms with Crippen molar-refractivity contribution in [2.45, 2.75) is 19.8 Å². The van der Waals surface area contributed by atoms with Crippen LogP contribution in [0.3, 0.4) is 0 Å². The highest BCUT2D eigenvalue weighted by Gasteiger charge is 2.41. The quantitative estimate of drug-likeness (QED) is 0.401. The summed E-state index contributed by atoms with van der Waals surface area (Å²) >= 11 is 0. The Morgan fingerprint density at radius 1 is 0.806 bits per heavy atom. The lowest BCUT2D eigenvalue weighted by atomic mass is 9.75. The van der Waals surface area contributed by atoms with Crippen LogP contribution in [0.5, 0.6) is 0 Å². The SMILES string of the molecule is CC(C)C(=O)C(C(=O)Nc1ccccc1)C(C(=O)c1cccc(F)c1)c1ccccc1. The summed E-state index contributed by atoms with van der Waals surface area (Å²) in [6, 6.07) is 22.8. The minimum Gasteiger partial charge on any atom is -0.325 e. The minimum atomic E-state index is -1.27. The average Bonchev–Trinajstić information content (AvgIpc) is 2.77. The fraction of sp³-hybridized carbons (Fsp3) is 0.192. The average molecular weight is 417 g/mol. The molecule has 2 unspecified atom stereocenters. The maximum atomic E-state index is 13.8. The van der Waals surface area contributed by atoms with E-state index in [2.05, 4.69) is 5.32 Å². The third kappa shape index (κ3) is 5.31. The predicted molar refractivity (Wildman–Crippen MR) is 118 cm³/mol. The Kier molecular flexibility index (Phi) is 7.08. The van der Waals surface area contributed by atoms with E-state index in [9.17, 15) is 18.8 Å². The predicted octanol–water partition coefficient (Wildman–Crippen LogP) is 5.27. The van der Waals surface area contributed by atoms with Crippen molar-refractivity contribution in [1.29, 1.82) is 0 Å². The number of carbonyl (C=O) groups excluding carboxylic acids is 3. The monoisotopic (exact) mass is 417 g/mol. The molecule has 0 aliphatic rings. The lowest BCUT2D eigenvalue weighted by Gasteiger charge is -2.26. The molecule has 0 aliphatic heterocycles. The number of rotatable bonds is 8. The molecule has 3 rings (SSSR count). The molecule has 0 spiro atoms. The highest BCUT2D eigenvalue weighted by Crippen LogP contribution is 2.32. The molecule has 0 fully saturated rings. The number of carbonyl (C=O) groups is 3. The molecule has 4 nitrogen and oxygen atoms in total. The summed E-state index contributed by atoms with van der Waals surface area (Å²) in [7, 11) is 0. The van der Waals surface area contributed by atoms with Crippen molar-refractivity contribution < 1.29 is 18.8 Å². The first-order valence-electron chi connectivity index (χ1n) is 10.1. The van der Waals surface area contributed by atoms with E-state index in [4.69, 9.17) is 0 Å². The second kappa shape index (κ2) is 9.94. The van der Waals surface area contributed by atoms with Gasteiger partial charge in [0.15, 0.2) is 5.78 Å². The third-order valence-electron chi connectivity index (χ3n) is 5.08. The Bertz CT molecular complexity index is 1060. The first kappa shape index (κ1) is 22.1. The molecule has 2 atom stereocenters. The normalized spacial score (nSPS) is 12.8. The van der Waals surface area contributed by atoms with Crippen LogP contribution in [-0.4, -0.2) is 17.5 Å². The molecule has 3 aromatic carbocycles. The molecule has 31 heavy (non-hydrogen) atoms. The summed E-state index contributed by atoms with van der Waals surface area (Å²) in [4.78, 5) is 40.0. The topological polar surface area (TPSA) is 63.2 Å². The smallest absolute Gasteiger partial charge is 0.236 e. The number of hydrogen-bond donors (Lipinski definition) is 1. The van der Waals surface area contributed by atoms with Crippen LogP contribution >= 0.6 is 0 Å². The zero-order valence-electron chi connectivity index (χ0n) is 17.4. The van der Waals surface area contributed by atoms with E-state index in [0.29, 0.717) is 11.3 Å². The van der Waals surface area contributed by atoms with E-state index in [1.807, 2.05) is 6.07 Å². The van der Waals surface area contributed by atoms with Gasteiger partial charge in [-0.2, -0.15) is 0 Å². The number of para-hydroxylation sites is 1. The van der Waals surface area contributed by atoms with E-state index in [-0.39, 0.29) is 11.3 Å². The lowest BCUT2D eigenvalue weighted by Crippen LogP contribution is -2.40. The Morgan fingerprint density at radius 3 is 2.00 bits per heavy atom. The fourth-order valence-electron chi connectivity index (χ4n) is 3.52. The van der Waals surface area contributed by atoms with E-state index >= 15 is 0 Å². The van der Waals surface area contributed by atoms with Gasteiger partial charge in [0.2, 0.25) is 5.91 Å². The number of Topliss-reactive ketones (excluding diaryl/α,β-unsaturated/α-hetero) is 2. The van der Waals surface area contributed by atoms with Crippen LogP contribution < -0.4 is 5.32 Å². The molecule has 0 saturated heterocycles. The summed E-state index contributed by atoms with van der Waals surface area (Å²) in [6.45, 7) is 3.39. The van der Waals surface area contributed by atoms with Crippen LogP contribution in [0.4, 0.5) is 10.1 Å². The van der Waals surface area contributed by atoms with Gasteiger partial charge in [-0.3, -0.25) is 14.4 Å². The lowest BCUT2D eigenvalue weighted by molar-refractivity contribution is -0.133. The molecule has 0 radical (unpaired) electrons. The maximum absolute atomic E-state index is 13.8. The van der Waals surface area contributed by atoms with E-state index in [1.54, 1.807) is 68.4 Å². The third-order valence-corrected chi connectivity index (χ3v) is 5.08. The summed E-state index contributed by atoms with van der Waals surface area (Å²) in [5.74, 6) is -4.78. The first-order chi connectivity index (χ1) is 14.9. The molecule has 0 aliphatic carbocycles. The highest BCUT2D eigenvalue weighted by molar-refractivity contribution is 6.14. The number of benzene rings is 3. The van der Waals surface area contributed by atoms with Gasteiger partial charge in [-0.1, -0.05) is 74.5 Å². The second-order valence-electron chi connectivity index (χ2n) is 7.65. The zero-order chi connectivity index (χ0) is 22.4. The molecule has 0 heterocycles. The number of ketones is 2. The fourth-order valence-corrected chi connectivity index (χ4v) is 3.52. The number of amides is 1. The summed E-state index contributed by atoms with van der Waals surface area (Å²) < 4.78 is 13.8. The molecule has 158 valence electrons. The van der Waals surface area contributed by atoms with Crippen molar-refractivity contribution in [2.75, 3.05) is 5.32 Å². The molecule has 0 bridgehead atoms. The molecule has 1 N–H and O–H groups in total. The Hall–Kier alpha value is -3.60. The van der Waals surface area contributed by atoms with Gasteiger partial charge >= 0.3 is 0 Å². The van der Waals surface area contributed by atoms with Crippen LogP contribution in [0.2, 0.25) is 0 Å². The molecule has 0 saturated carbocycles. The van der Waals surface area contributed by atoms with Gasteiger partial charge in [0.25, 0.3) is 0 Å². The standard InChI is InChI=1S/C26H24FNO3/c1-17(2)24(29)23(26(31)28-21-14-7-4-8-15-21)22(18-10-5-3-6-11-18)25(30)19-12-9-13-20(27)16-19/h3-17,22-23H,1-2H3,(H,28,31). The highest BCUT2D eigenvalue weighted by atomic mass is 19.1. The summed E-state index contributed by atoms with van der Waals surface area (Å²) in [6.07, 6.45) is 0. The van der Waals surface area contributed by atoms with Crippen molar-refractivity contribution in [3.05, 3.63) is 102 Å². The van der Waals surface area contributed by atoms with Crippen molar-refractivity contribution >= 4 is 23.2 Å². The number of anilines is 1. The summed E-state index contributed by atoms with van der Waals surface area (Å²) in [5.41, 5.74) is 1.17. The molecule has 5 heteroatoms. The van der Waals surface area contributed by atoms with Crippen molar-refractivity contribution in [3.8, 4) is 0 Å². The first-order valence-corrected chi connectivity index (χ1v) is 10.1. The van der Waals surface area contributed by atoms with Crippen molar-refractivity contribution in [1.82, 2.24) is 0 Å². The van der Waals surface area contributed by atoms with E-state index in [1.165, 1.54) is 18.2 Å². The number of nitrogens with one attached hydrogen (secondary N) is 1. The molecular weight excluding hydrogens is 393 g/mol. The van der Waals surface area contributed by atoms with Crippen molar-refractivity contribution in [2.24, 2.45) is 11.8 Å². The number of halogens is 1. The Morgan fingerprint density at radius 2 is 1.42 bits per heavy atom. The minimum absolute atomic E-state index is 0.114. The van der Waals surface area contributed by atoms with Gasteiger partial charge in [-0.25, -0.2) is 4.39 Å². The summed E-state index contributed by atoms with van der Waals surface area (Å²) in [5, 5.41) is 2.76. The molecule has 1 amide bonds. The largest absolute Gasteiger partial charge is 0.325 e. The van der Waals surface area contributed by atoms with Gasteiger partial charge in [-0.05, 0) is 29.8 Å². The molecule has 3 aromatic rings. The Balaban J connectivity index is 2.09. The second-order valence-corrected chi connectivity index (χ2v) is 7.65. The van der Waals surface area contributed by atoms with Crippen LogP contribution in [0.1, 0.15) is 35.7 Å². The van der Waals surface area contributed by atoms with Gasteiger partial charge in [-0.15, -0.1) is 0 Å². The van der Waals surface area contributed by atoms with E-state index in [0.717, 1.165) is 6.07 Å². The number of hydrogen-bond acceptors (Lipinski definition) is 3. The van der Waals surface area contributed by atoms with Gasteiger partial charge in [0.1, 0.15) is 17.5 Å². The molecular formula is C26H24FNO3.